The van der Waals surface area contributed by atoms with Crippen LogP contribution >= 0.6 is 11.3 Å². The molecule has 7 nitrogen and oxygen atoms in total. The standard InChI is InChI=1S/C20H23N5O2S/c1-23-12-16(11-21-23)19-22-17(14-28-19)20(27)25-9-7-24(8-10-25)13-18(26)15-5-3-2-4-6-15/h2-6,11-12,14,18,26H,7-10,13H2,1H3. The molecule has 1 aliphatic rings. The molecule has 0 saturated carbocycles. The molecule has 0 spiro atoms. The van der Waals surface area contributed by atoms with Crippen LogP contribution in [0.2, 0.25) is 0 Å². The number of carbonyl (C=O) groups is 1. The molecular weight excluding hydrogens is 374 g/mol. The molecule has 1 aliphatic heterocycles. The minimum absolute atomic E-state index is 0.0327. The SMILES string of the molecule is Cn1cc(-c2nc(C(=O)N3CCN(CC(O)c4ccccc4)CC3)cs2)cn1. The van der Waals surface area contributed by atoms with Crippen LogP contribution in [0.4, 0.5) is 0 Å². The molecule has 3 aromatic rings. The number of β-amino-alcohol motifs (C(OH)–C–C–N with tert-alkyl or cyclic N) is 1. The van der Waals surface area contributed by atoms with E-state index in [-0.39, 0.29) is 5.91 Å². The van der Waals surface area contributed by atoms with E-state index >= 15 is 0 Å². The third-order valence-corrected chi connectivity index (χ3v) is 5.84. The number of piperazine rings is 1. The summed E-state index contributed by atoms with van der Waals surface area (Å²) >= 11 is 1.46. The quantitative estimate of drug-likeness (QED) is 0.713. The topological polar surface area (TPSA) is 74.5 Å². The summed E-state index contributed by atoms with van der Waals surface area (Å²) in [6.07, 6.45) is 3.14. The highest BCUT2D eigenvalue weighted by Gasteiger charge is 2.25. The Morgan fingerprint density at radius 2 is 1.96 bits per heavy atom. The minimum Gasteiger partial charge on any atom is -0.387 e. The normalized spacial score (nSPS) is 16.3. The highest BCUT2D eigenvalue weighted by atomic mass is 32.1. The van der Waals surface area contributed by atoms with Crippen LogP contribution in [-0.4, -0.2) is 68.3 Å². The number of aliphatic hydroxyl groups excluding tert-OH is 1. The molecule has 0 radical (unpaired) electrons. The van der Waals surface area contributed by atoms with Gasteiger partial charge in [0.05, 0.1) is 12.3 Å². The molecule has 1 aromatic carbocycles. The maximum Gasteiger partial charge on any atom is 0.273 e. The van der Waals surface area contributed by atoms with Crippen LogP contribution in [0, 0.1) is 0 Å². The first-order chi connectivity index (χ1) is 13.6. The molecule has 1 N–H and O–H groups in total. The van der Waals surface area contributed by atoms with Crippen molar-refractivity contribution in [2.75, 3.05) is 32.7 Å². The summed E-state index contributed by atoms with van der Waals surface area (Å²) in [5.74, 6) is -0.0327. The van der Waals surface area contributed by atoms with Gasteiger partial charge in [0.25, 0.3) is 5.91 Å². The Morgan fingerprint density at radius 3 is 2.64 bits per heavy atom. The van der Waals surface area contributed by atoms with Crippen LogP contribution in [-0.2, 0) is 7.05 Å². The number of aryl methyl sites for hydroxylation is 1. The Bertz CT molecular complexity index is 931. The number of rotatable bonds is 5. The molecule has 146 valence electrons. The largest absolute Gasteiger partial charge is 0.387 e. The third kappa shape index (κ3) is 4.14. The molecule has 1 atom stereocenters. The molecule has 1 fully saturated rings. The van der Waals surface area contributed by atoms with Crippen LogP contribution in [0.5, 0.6) is 0 Å². The number of hydrogen-bond donors (Lipinski definition) is 1. The van der Waals surface area contributed by atoms with Gasteiger partial charge in [0.15, 0.2) is 0 Å². The van der Waals surface area contributed by atoms with Crippen molar-refractivity contribution < 1.29 is 9.90 Å². The van der Waals surface area contributed by atoms with E-state index in [1.165, 1.54) is 11.3 Å². The summed E-state index contributed by atoms with van der Waals surface area (Å²) in [6, 6.07) is 9.68. The van der Waals surface area contributed by atoms with E-state index in [9.17, 15) is 9.90 Å². The molecule has 0 bridgehead atoms. The minimum atomic E-state index is -0.510. The van der Waals surface area contributed by atoms with Gasteiger partial charge in [0, 0.05) is 56.9 Å². The van der Waals surface area contributed by atoms with Crippen molar-refractivity contribution >= 4 is 17.2 Å². The van der Waals surface area contributed by atoms with E-state index in [4.69, 9.17) is 0 Å². The molecule has 3 heterocycles. The monoisotopic (exact) mass is 397 g/mol. The number of carbonyl (C=O) groups excluding carboxylic acids is 1. The Morgan fingerprint density at radius 1 is 1.21 bits per heavy atom. The average molecular weight is 398 g/mol. The number of aliphatic hydroxyl groups is 1. The number of benzene rings is 1. The Hall–Kier alpha value is -2.55. The number of nitrogens with zero attached hydrogens (tertiary/aromatic N) is 5. The fraction of sp³-hybridized carbons (Fsp3) is 0.350. The van der Waals surface area contributed by atoms with E-state index in [1.807, 2.05) is 53.9 Å². The Labute approximate surface area is 167 Å². The van der Waals surface area contributed by atoms with E-state index < -0.39 is 6.10 Å². The highest BCUT2D eigenvalue weighted by Crippen LogP contribution is 2.24. The maximum absolute atomic E-state index is 12.8. The number of hydrogen-bond acceptors (Lipinski definition) is 6. The second-order valence-corrected chi connectivity index (χ2v) is 7.82. The molecular formula is C20H23N5O2S. The van der Waals surface area contributed by atoms with Gasteiger partial charge in [-0.1, -0.05) is 30.3 Å². The predicted octanol–water partition coefficient (Wildman–Crippen LogP) is 2.04. The Balaban J connectivity index is 1.32. The average Bonchev–Trinajstić information content (AvgIpc) is 3.38. The molecule has 8 heteroatoms. The lowest BCUT2D eigenvalue weighted by molar-refractivity contribution is 0.0523. The fourth-order valence-electron chi connectivity index (χ4n) is 3.36. The van der Waals surface area contributed by atoms with Crippen LogP contribution in [0.3, 0.4) is 0 Å². The second-order valence-electron chi connectivity index (χ2n) is 6.96. The lowest BCUT2D eigenvalue weighted by Crippen LogP contribution is -2.49. The van der Waals surface area contributed by atoms with E-state index in [0.29, 0.717) is 25.3 Å². The Kier molecular flexibility index (Phi) is 5.52. The third-order valence-electron chi connectivity index (χ3n) is 4.95. The lowest BCUT2D eigenvalue weighted by atomic mass is 10.1. The van der Waals surface area contributed by atoms with E-state index in [2.05, 4.69) is 15.0 Å². The number of thiazole rings is 1. The smallest absolute Gasteiger partial charge is 0.273 e. The predicted molar refractivity (Wildman–Crippen MR) is 108 cm³/mol. The summed E-state index contributed by atoms with van der Waals surface area (Å²) in [4.78, 5) is 21.3. The summed E-state index contributed by atoms with van der Waals surface area (Å²) in [7, 11) is 1.86. The van der Waals surface area contributed by atoms with Crippen molar-refractivity contribution in [3.8, 4) is 10.6 Å². The van der Waals surface area contributed by atoms with Crippen LogP contribution < -0.4 is 0 Å². The number of amides is 1. The highest BCUT2D eigenvalue weighted by molar-refractivity contribution is 7.13. The van der Waals surface area contributed by atoms with Crippen molar-refractivity contribution in [3.63, 3.8) is 0 Å². The van der Waals surface area contributed by atoms with Gasteiger partial charge in [0.1, 0.15) is 10.7 Å². The van der Waals surface area contributed by atoms with Crippen LogP contribution in [0.15, 0.2) is 48.1 Å². The van der Waals surface area contributed by atoms with E-state index in [0.717, 1.165) is 29.2 Å². The van der Waals surface area contributed by atoms with Gasteiger partial charge in [-0.3, -0.25) is 14.4 Å². The summed E-state index contributed by atoms with van der Waals surface area (Å²) in [5, 5.41) is 17.2. The van der Waals surface area contributed by atoms with Gasteiger partial charge in [-0.05, 0) is 5.56 Å². The zero-order valence-electron chi connectivity index (χ0n) is 15.7. The van der Waals surface area contributed by atoms with Gasteiger partial charge in [-0.2, -0.15) is 5.10 Å². The zero-order valence-corrected chi connectivity index (χ0v) is 16.5. The molecule has 1 unspecified atom stereocenters. The van der Waals surface area contributed by atoms with Crippen molar-refractivity contribution in [3.05, 3.63) is 59.4 Å². The summed E-state index contributed by atoms with van der Waals surface area (Å²) < 4.78 is 1.72. The van der Waals surface area contributed by atoms with Crippen molar-refractivity contribution in [2.24, 2.45) is 7.05 Å². The van der Waals surface area contributed by atoms with Crippen LogP contribution in [0.1, 0.15) is 22.2 Å². The van der Waals surface area contributed by atoms with Crippen molar-refractivity contribution in [1.29, 1.82) is 0 Å². The van der Waals surface area contributed by atoms with Gasteiger partial charge in [-0.15, -0.1) is 11.3 Å². The van der Waals surface area contributed by atoms with Crippen molar-refractivity contribution in [1.82, 2.24) is 24.6 Å². The summed E-state index contributed by atoms with van der Waals surface area (Å²) in [5.41, 5.74) is 2.33. The van der Waals surface area contributed by atoms with Gasteiger partial charge in [-0.25, -0.2) is 4.98 Å². The van der Waals surface area contributed by atoms with Crippen molar-refractivity contribution in [2.45, 2.75) is 6.10 Å². The molecule has 2 aromatic heterocycles. The number of aromatic nitrogens is 3. The molecule has 28 heavy (non-hydrogen) atoms. The van der Waals surface area contributed by atoms with Gasteiger partial charge >= 0.3 is 0 Å². The van der Waals surface area contributed by atoms with E-state index in [1.54, 1.807) is 10.9 Å². The first kappa shape index (κ1) is 18.8. The molecule has 4 rings (SSSR count). The second kappa shape index (κ2) is 8.22. The first-order valence-corrected chi connectivity index (χ1v) is 10.2. The molecule has 0 aliphatic carbocycles. The first-order valence-electron chi connectivity index (χ1n) is 9.29. The molecule has 1 amide bonds. The maximum atomic E-state index is 12.8. The van der Waals surface area contributed by atoms with Gasteiger partial charge < -0.3 is 10.0 Å². The summed E-state index contributed by atoms with van der Waals surface area (Å²) in [6.45, 7) is 3.35. The zero-order chi connectivity index (χ0) is 19.5. The fourth-order valence-corrected chi connectivity index (χ4v) is 4.13. The molecule has 1 saturated heterocycles. The lowest BCUT2D eigenvalue weighted by Gasteiger charge is -2.35. The van der Waals surface area contributed by atoms with Gasteiger partial charge in [0.2, 0.25) is 0 Å². The van der Waals surface area contributed by atoms with Crippen LogP contribution in [0.25, 0.3) is 10.6 Å².